The van der Waals surface area contributed by atoms with Crippen molar-refractivity contribution >= 4 is 9.84 Å². The zero-order valence-electron chi connectivity index (χ0n) is 14.4. The second-order valence-corrected chi connectivity index (χ2v) is 8.15. The van der Waals surface area contributed by atoms with Gasteiger partial charge in [0.25, 0.3) is 16.3 Å². The van der Waals surface area contributed by atoms with Crippen LogP contribution in [0.3, 0.4) is 0 Å². The molecule has 0 unspecified atom stereocenters. The summed E-state index contributed by atoms with van der Waals surface area (Å²) in [5.74, 6) is -1.46. The van der Waals surface area contributed by atoms with E-state index in [2.05, 4.69) is 9.84 Å². The first-order valence-electron chi connectivity index (χ1n) is 7.35. The number of aromatic nitrogens is 2. The van der Waals surface area contributed by atoms with E-state index < -0.39 is 62.1 Å². The Kier molecular flexibility index (Phi) is 5.40. The molecule has 0 saturated carbocycles. The zero-order chi connectivity index (χ0) is 21.7. The summed E-state index contributed by atoms with van der Waals surface area (Å²) in [6.07, 6.45) is -8.03. The van der Waals surface area contributed by atoms with Crippen molar-refractivity contribution in [3.8, 4) is 5.88 Å². The van der Waals surface area contributed by atoms with Gasteiger partial charge in [0, 0.05) is 7.05 Å². The number of sulfone groups is 1. The lowest BCUT2D eigenvalue weighted by atomic mass is 10.1. The first-order chi connectivity index (χ1) is 12.5. The van der Waals surface area contributed by atoms with Gasteiger partial charge >= 0.3 is 11.4 Å². The number of ether oxygens (including phenoxy) is 1. The molecule has 1 N–H and O–H groups in total. The summed E-state index contributed by atoms with van der Waals surface area (Å²) < 4.78 is 123. The summed E-state index contributed by atoms with van der Waals surface area (Å²) in [6.45, 7) is 1.03. The molecule has 15 heteroatoms. The maximum absolute atomic E-state index is 14.9. The first kappa shape index (κ1) is 22.3. The second kappa shape index (κ2) is 6.79. The van der Waals surface area contributed by atoms with Gasteiger partial charge in [0.2, 0.25) is 5.88 Å². The minimum Gasteiger partial charge on any atom is -0.471 e. The molecule has 0 aromatic carbocycles. The van der Waals surface area contributed by atoms with Crippen molar-refractivity contribution in [2.75, 3.05) is 6.61 Å². The Balaban J connectivity index is 2.69. The molecule has 1 aromatic rings. The topological polar surface area (TPSA) is 82.5 Å². The van der Waals surface area contributed by atoms with E-state index in [1.807, 2.05) is 0 Å². The fourth-order valence-electron chi connectivity index (χ4n) is 2.24. The van der Waals surface area contributed by atoms with Crippen LogP contribution in [0.15, 0.2) is 11.1 Å². The molecule has 2 rings (SSSR count). The number of nitrogens with one attached hydrogen (secondary N) is 1. The summed E-state index contributed by atoms with van der Waals surface area (Å²) in [5, 5.41) is -3.64. The molecule has 0 aliphatic carbocycles. The molecule has 0 radical (unpaired) electrons. The van der Waals surface area contributed by atoms with Crippen molar-refractivity contribution in [2.24, 2.45) is 7.05 Å². The molecule has 0 amide bonds. The molecule has 0 saturated heterocycles. The smallest absolute Gasteiger partial charge is 0.435 e. The van der Waals surface area contributed by atoms with Crippen LogP contribution >= 0.6 is 0 Å². The van der Waals surface area contributed by atoms with Gasteiger partial charge in [-0.15, -0.1) is 0 Å². The van der Waals surface area contributed by atoms with E-state index in [1.165, 1.54) is 13.8 Å². The molecule has 0 spiro atoms. The van der Waals surface area contributed by atoms with E-state index in [0.29, 0.717) is 7.05 Å². The van der Waals surface area contributed by atoms with Crippen molar-refractivity contribution in [1.29, 1.82) is 0 Å². The van der Waals surface area contributed by atoms with Crippen LogP contribution in [-0.2, 0) is 33.2 Å². The van der Waals surface area contributed by atoms with Crippen LogP contribution < -0.4 is 10.2 Å². The van der Waals surface area contributed by atoms with E-state index in [9.17, 15) is 39.2 Å². The highest BCUT2D eigenvalue weighted by atomic mass is 32.2. The molecule has 7 nitrogen and oxygen atoms in total. The molecule has 1 aliphatic rings. The highest BCUT2D eigenvalue weighted by molar-refractivity contribution is 7.95. The second-order valence-electron chi connectivity index (χ2n) is 6.19. The summed E-state index contributed by atoms with van der Waals surface area (Å²) in [4.78, 5) is 4.75. The minimum atomic E-state index is -5.82. The van der Waals surface area contributed by atoms with Gasteiger partial charge in [-0.2, -0.15) is 27.1 Å². The minimum absolute atomic E-state index is 0.112. The SMILES string of the molecule is Cn1nc(C(F)(F)F)c(C(F)(F)S(=O)(=O)C2=CC(C)(C)ON2)c1OCC(F)F. The monoisotopic (exact) mass is 441 g/mol. The number of rotatable bonds is 6. The van der Waals surface area contributed by atoms with Gasteiger partial charge in [0.1, 0.15) is 11.2 Å². The molecule has 160 valence electrons. The average molecular weight is 441 g/mol. The van der Waals surface area contributed by atoms with Crippen LogP contribution in [0.25, 0.3) is 0 Å². The van der Waals surface area contributed by atoms with E-state index >= 15 is 0 Å². The van der Waals surface area contributed by atoms with Gasteiger partial charge in [-0.3, -0.25) is 10.3 Å². The van der Waals surface area contributed by atoms with Crippen molar-refractivity contribution in [3.63, 3.8) is 0 Å². The maximum atomic E-state index is 14.9. The summed E-state index contributed by atoms with van der Waals surface area (Å²) in [5.41, 5.74) is -4.11. The predicted octanol–water partition coefficient (Wildman–Crippen LogP) is 2.70. The Hall–Kier alpha value is -2.03. The number of nitrogens with zero attached hydrogens (tertiary/aromatic N) is 2. The van der Waals surface area contributed by atoms with Gasteiger partial charge in [0.15, 0.2) is 17.3 Å². The summed E-state index contributed by atoms with van der Waals surface area (Å²) >= 11 is 0. The molecule has 2 heterocycles. The number of alkyl halides is 7. The third kappa shape index (κ3) is 3.90. The molecule has 0 atom stereocenters. The Labute approximate surface area is 154 Å². The Morgan fingerprint density at radius 3 is 2.29 bits per heavy atom. The average Bonchev–Trinajstić information content (AvgIpc) is 3.04. The number of hydrogen-bond donors (Lipinski definition) is 1. The lowest BCUT2D eigenvalue weighted by molar-refractivity contribution is -0.143. The lowest BCUT2D eigenvalue weighted by Crippen LogP contribution is -2.33. The first-order valence-corrected chi connectivity index (χ1v) is 8.84. The largest absolute Gasteiger partial charge is 0.471 e. The normalized spacial score (nSPS) is 17.6. The number of halogens is 7. The quantitative estimate of drug-likeness (QED) is 0.684. The highest BCUT2D eigenvalue weighted by Gasteiger charge is 2.59. The Morgan fingerprint density at radius 2 is 1.86 bits per heavy atom. The van der Waals surface area contributed by atoms with E-state index in [4.69, 9.17) is 4.84 Å². The molecule has 0 fully saturated rings. The number of hydrogen-bond acceptors (Lipinski definition) is 6. The third-order valence-corrected chi connectivity index (χ3v) is 5.08. The van der Waals surface area contributed by atoms with Gasteiger partial charge < -0.3 is 4.74 Å². The van der Waals surface area contributed by atoms with Crippen LogP contribution in [0.5, 0.6) is 5.88 Å². The fourth-order valence-corrected chi connectivity index (χ4v) is 3.56. The lowest BCUT2D eigenvalue weighted by Gasteiger charge is -2.20. The van der Waals surface area contributed by atoms with Crippen molar-refractivity contribution in [3.05, 3.63) is 22.4 Å². The van der Waals surface area contributed by atoms with Gasteiger partial charge in [-0.05, 0) is 19.9 Å². The van der Waals surface area contributed by atoms with E-state index in [-0.39, 0.29) is 4.68 Å². The van der Waals surface area contributed by atoms with Crippen molar-refractivity contribution in [2.45, 2.75) is 37.3 Å². The van der Waals surface area contributed by atoms with Crippen molar-refractivity contribution in [1.82, 2.24) is 15.3 Å². The Bertz CT molecular complexity index is 891. The van der Waals surface area contributed by atoms with Crippen LogP contribution in [0, 0.1) is 0 Å². The zero-order valence-corrected chi connectivity index (χ0v) is 15.3. The third-order valence-electron chi connectivity index (χ3n) is 3.42. The van der Waals surface area contributed by atoms with E-state index in [0.717, 1.165) is 6.08 Å². The summed E-state index contributed by atoms with van der Waals surface area (Å²) in [7, 11) is -5.11. The molecule has 1 aromatic heterocycles. The maximum Gasteiger partial charge on any atom is 0.435 e. The highest BCUT2D eigenvalue weighted by Crippen LogP contribution is 2.48. The number of hydroxylamine groups is 1. The Morgan fingerprint density at radius 1 is 1.29 bits per heavy atom. The number of aryl methyl sites for hydroxylation is 1. The van der Waals surface area contributed by atoms with Gasteiger partial charge in [-0.1, -0.05) is 0 Å². The van der Waals surface area contributed by atoms with Crippen LogP contribution in [0.1, 0.15) is 25.1 Å². The molecular weight excluding hydrogens is 427 g/mol. The van der Waals surface area contributed by atoms with Crippen molar-refractivity contribution < 1.29 is 48.7 Å². The van der Waals surface area contributed by atoms with Crippen LogP contribution in [0.4, 0.5) is 30.7 Å². The molecule has 28 heavy (non-hydrogen) atoms. The van der Waals surface area contributed by atoms with Crippen LogP contribution in [-0.4, -0.2) is 36.8 Å². The molecular formula is C13H14F7N3O4S. The van der Waals surface area contributed by atoms with Gasteiger partial charge in [-0.25, -0.2) is 21.9 Å². The van der Waals surface area contributed by atoms with Crippen LogP contribution in [0.2, 0.25) is 0 Å². The predicted molar refractivity (Wildman–Crippen MR) is 78.9 cm³/mol. The fraction of sp³-hybridized carbons (Fsp3) is 0.615. The molecule has 0 bridgehead atoms. The molecule has 1 aliphatic heterocycles. The van der Waals surface area contributed by atoms with Gasteiger partial charge in [0.05, 0.1) is 0 Å². The summed E-state index contributed by atoms with van der Waals surface area (Å²) in [6, 6.07) is 0. The van der Waals surface area contributed by atoms with E-state index in [1.54, 1.807) is 5.48 Å². The standard InChI is InChI=1S/C13H14F7N3O4S/c1-11(2)4-7(22-27-11)28(24,25)13(19,20)8-9(12(16,17)18)21-23(3)10(8)26-5-6(14)15/h4,6,22H,5H2,1-3H3.